The summed E-state index contributed by atoms with van der Waals surface area (Å²) in [6.07, 6.45) is 0. The minimum atomic E-state index is 0.127. The van der Waals surface area contributed by atoms with Crippen LogP contribution in [-0.4, -0.2) is 0 Å². The number of benzene rings is 6. The number of anilines is 3. The highest BCUT2D eigenvalue weighted by Gasteiger charge is 2.19. The summed E-state index contributed by atoms with van der Waals surface area (Å²) in [6.45, 7) is 20.2. The minimum Gasteiger partial charge on any atom is -0.310 e. The van der Waals surface area contributed by atoms with Gasteiger partial charge in [-0.15, -0.1) is 0 Å². The third-order valence-electron chi connectivity index (χ3n) is 9.66. The van der Waals surface area contributed by atoms with Crippen molar-refractivity contribution in [3.8, 4) is 33.4 Å². The molecule has 0 aliphatic heterocycles. The summed E-state index contributed by atoms with van der Waals surface area (Å²) in [5, 5.41) is 0. The number of rotatable bonds is 6. The summed E-state index contributed by atoms with van der Waals surface area (Å²) in [7, 11) is 0. The van der Waals surface area contributed by atoms with E-state index in [-0.39, 0.29) is 5.41 Å². The molecule has 0 saturated carbocycles. The molecule has 6 aromatic carbocycles. The Bertz CT molecular complexity index is 1990. The Kier molecular flexibility index (Phi) is 8.68. The van der Waals surface area contributed by atoms with Gasteiger partial charge in [0.15, 0.2) is 0 Å². The lowest BCUT2D eigenvalue weighted by atomic mass is 9.84. The first-order valence-electron chi connectivity index (χ1n) is 16.8. The van der Waals surface area contributed by atoms with Crippen LogP contribution in [0, 0.1) is 41.5 Å². The van der Waals surface area contributed by atoms with E-state index in [4.69, 9.17) is 0 Å². The summed E-state index contributed by atoms with van der Waals surface area (Å²) in [4.78, 5) is 2.41. The zero-order valence-electron chi connectivity index (χ0n) is 29.5. The smallest absolute Gasteiger partial charge is 0.0464 e. The Morgan fingerprint density at radius 1 is 0.340 bits per heavy atom. The van der Waals surface area contributed by atoms with Crippen molar-refractivity contribution in [3.63, 3.8) is 0 Å². The van der Waals surface area contributed by atoms with E-state index in [1.165, 1.54) is 72.3 Å². The molecule has 0 heterocycles. The number of hydrogen-bond acceptors (Lipinski definition) is 1. The molecule has 47 heavy (non-hydrogen) atoms. The largest absolute Gasteiger partial charge is 0.310 e. The van der Waals surface area contributed by atoms with Gasteiger partial charge in [-0.25, -0.2) is 0 Å². The molecule has 0 aliphatic carbocycles. The molecule has 0 bridgehead atoms. The molecule has 0 amide bonds. The van der Waals surface area contributed by atoms with Crippen LogP contribution in [0.5, 0.6) is 0 Å². The Morgan fingerprint density at radius 2 is 0.660 bits per heavy atom. The molecule has 0 fully saturated rings. The highest BCUT2D eigenvalue weighted by atomic mass is 15.1. The molecular formula is C46H47N. The topological polar surface area (TPSA) is 3.24 Å². The molecule has 0 atom stereocenters. The summed E-state index contributed by atoms with van der Waals surface area (Å²) in [5.41, 5.74) is 20.3. The second-order valence-electron chi connectivity index (χ2n) is 14.2. The Labute approximate surface area is 282 Å². The molecule has 0 unspecified atom stereocenters. The first-order chi connectivity index (χ1) is 22.4. The van der Waals surface area contributed by atoms with E-state index < -0.39 is 0 Å². The zero-order chi connectivity index (χ0) is 33.5. The molecule has 6 rings (SSSR count). The van der Waals surface area contributed by atoms with Gasteiger partial charge >= 0.3 is 0 Å². The third kappa shape index (κ3) is 6.41. The average Bonchev–Trinajstić information content (AvgIpc) is 3.02. The normalized spacial score (nSPS) is 11.5. The lowest BCUT2D eigenvalue weighted by Crippen LogP contribution is -2.12. The van der Waals surface area contributed by atoms with Crippen molar-refractivity contribution in [1.29, 1.82) is 0 Å². The molecule has 236 valence electrons. The van der Waals surface area contributed by atoms with Crippen molar-refractivity contribution in [3.05, 3.63) is 160 Å². The van der Waals surface area contributed by atoms with Gasteiger partial charge < -0.3 is 4.90 Å². The quantitative estimate of drug-likeness (QED) is 0.181. The fourth-order valence-electron chi connectivity index (χ4n) is 6.90. The van der Waals surface area contributed by atoms with Crippen LogP contribution in [0.1, 0.15) is 59.7 Å². The predicted octanol–water partition coefficient (Wildman–Crippen LogP) is 13.3. The average molecular weight is 614 g/mol. The van der Waals surface area contributed by atoms with Crippen molar-refractivity contribution < 1.29 is 0 Å². The van der Waals surface area contributed by atoms with Gasteiger partial charge in [0, 0.05) is 17.1 Å². The minimum absolute atomic E-state index is 0.127. The maximum absolute atomic E-state index is 2.41. The van der Waals surface area contributed by atoms with Crippen LogP contribution in [0.25, 0.3) is 33.4 Å². The molecule has 0 saturated heterocycles. The van der Waals surface area contributed by atoms with Crippen LogP contribution in [-0.2, 0) is 5.41 Å². The molecule has 0 spiro atoms. The van der Waals surface area contributed by atoms with Gasteiger partial charge in [-0.2, -0.15) is 0 Å². The van der Waals surface area contributed by atoms with Crippen LogP contribution in [0.3, 0.4) is 0 Å². The second-order valence-corrected chi connectivity index (χ2v) is 14.2. The van der Waals surface area contributed by atoms with E-state index in [0.29, 0.717) is 0 Å². The standard InChI is InChI=1S/C46H47N/c1-30-14-10-12-16-40(30)43-23-19-37(27-33(43)4)47(38-20-24-44(34(5)28-38)41-17-13-11-15-31(41)2)39-21-25-45(35(6)29-39)42-22-18-36(26-32(42)3)46(7,8)9/h10-29H,1-9H3. The van der Waals surface area contributed by atoms with Crippen molar-refractivity contribution >= 4 is 17.1 Å². The summed E-state index contributed by atoms with van der Waals surface area (Å²) in [6, 6.07) is 45.0. The van der Waals surface area contributed by atoms with E-state index >= 15 is 0 Å². The number of hydrogen-bond donors (Lipinski definition) is 0. The molecule has 0 aromatic heterocycles. The maximum Gasteiger partial charge on any atom is 0.0464 e. The highest BCUT2D eigenvalue weighted by molar-refractivity contribution is 5.84. The van der Waals surface area contributed by atoms with Gasteiger partial charge in [-0.3, -0.25) is 0 Å². The molecule has 1 nitrogen and oxygen atoms in total. The van der Waals surface area contributed by atoms with Crippen molar-refractivity contribution in [2.45, 2.75) is 67.7 Å². The van der Waals surface area contributed by atoms with Gasteiger partial charge in [0.25, 0.3) is 0 Å². The Hall–Kier alpha value is -4.88. The van der Waals surface area contributed by atoms with Gasteiger partial charge in [0.1, 0.15) is 0 Å². The van der Waals surface area contributed by atoms with Crippen LogP contribution in [0.4, 0.5) is 17.1 Å². The number of aryl methyl sites for hydroxylation is 6. The van der Waals surface area contributed by atoms with Crippen molar-refractivity contribution in [2.75, 3.05) is 4.90 Å². The molecular weight excluding hydrogens is 567 g/mol. The maximum atomic E-state index is 2.41. The Balaban J connectivity index is 1.47. The van der Waals surface area contributed by atoms with Gasteiger partial charge in [0.2, 0.25) is 0 Å². The number of nitrogens with zero attached hydrogens (tertiary/aromatic N) is 1. The summed E-state index contributed by atoms with van der Waals surface area (Å²) < 4.78 is 0. The fourth-order valence-corrected chi connectivity index (χ4v) is 6.90. The summed E-state index contributed by atoms with van der Waals surface area (Å²) in [5.74, 6) is 0. The zero-order valence-corrected chi connectivity index (χ0v) is 29.5. The predicted molar refractivity (Wildman–Crippen MR) is 205 cm³/mol. The molecule has 1 heteroatoms. The summed E-state index contributed by atoms with van der Waals surface area (Å²) >= 11 is 0. The molecule has 0 N–H and O–H groups in total. The highest BCUT2D eigenvalue weighted by Crippen LogP contribution is 2.41. The SMILES string of the molecule is Cc1ccccc1-c1ccc(N(c2ccc(-c3ccccc3C)c(C)c2)c2ccc(-c3ccc(C(C)(C)C)cc3C)c(C)c2)cc1C. The molecule has 0 aliphatic rings. The van der Waals surface area contributed by atoms with Crippen LogP contribution in [0.2, 0.25) is 0 Å². The second kappa shape index (κ2) is 12.7. The first kappa shape index (κ1) is 32.1. The lowest BCUT2D eigenvalue weighted by Gasteiger charge is -2.28. The van der Waals surface area contributed by atoms with Crippen molar-refractivity contribution in [2.24, 2.45) is 0 Å². The van der Waals surface area contributed by atoms with Gasteiger partial charge in [-0.05, 0) is 156 Å². The van der Waals surface area contributed by atoms with E-state index in [1.54, 1.807) is 0 Å². The van der Waals surface area contributed by atoms with Crippen LogP contribution < -0.4 is 4.90 Å². The van der Waals surface area contributed by atoms with E-state index in [0.717, 1.165) is 17.1 Å². The van der Waals surface area contributed by atoms with E-state index in [2.05, 4.69) is 189 Å². The van der Waals surface area contributed by atoms with Crippen molar-refractivity contribution in [1.82, 2.24) is 0 Å². The molecule has 0 radical (unpaired) electrons. The Morgan fingerprint density at radius 3 is 0.979 bits per heavy atom. The fraction of sp³-hybridized carbons (Fsp3) is 0.217. The van der Waals surface area contributed by atoms with Gasteiger partial charge in [-0.1, -0.05) is 106 Å². The monoisotopic (exact) mass is 613 g/mol. The first-order valence-corrected chi connectivity index (χ1v) is 16.8. The van der Waals surface area contributed by atoms with Crippen LogP contribution >= 0.6 is 0 Å². The van der Waals surface area contributed by atoms with E-state index in [1.807, 2.05) is 0 Å². The van der Waals surface area contributed by atoms with Gasteiger partial charge in [0.05, 0.1) is 0 Å². The van der Waals surface area contributed by atoms with Crippen LogP contribution in [0.15, 0.2) is 121 Å². The molecule has 6 aromatic rings. The lowest BCUT2D eigenvalue weighted by molar-refractivity contribution is 0.590. The third-order valence-corrected chi connectivity index (χ3v) is 9.66. The van der Waals surface area contributed by atoms with E-state index in [9.17, 15) is 0 Å².